The molecule has 0 amide bonds. The number of hydrogen-bond acceptors (Lipinski definition) is 6. The second-order valence-corrected chi connectivity index (χ2v) is 6.14. The lowest BCUT2D eigenvalue weighted by Crippen LogP contribution is -2.34. The van der Waals surface area contributed by atoms with Crippen LogP contribution in [0.2, 0.25) is 0 Å². The Bertz CT molecular complexity index is 815. The lowest BCUT2D eigenvalue weighted by molar-refractivity contribution is -0.152. The molecule has 7 heteroatoms. The Morgan fingerprint density at radius 3 is 2.46 bits per heavy atom. The minimum atomic E-state index is -1.01. The van der Waals surface area contributed by atoms with E-state index in [2.05, 4.69) is 10.6 Å². The number of Topliss-reactive ketones (excluding diaryl/α,β-unsaturated/α-hetero) is 1. The maximum Gasteiger partial charge on any atom is 0.324 e. The number of nitrogens with one attached hydrogen (secondary N) is 1. The molecule has 1 unspecified atom stereocenters. The first-order valence-electron chi connectivity index (χ1n) is 8.58. The molecule has 1 aromatic heterocycles. The Kier molecular flexibility index (Phi) is 6.80. The number of hydrogen-bond donors (Lipinski definition) is 1. The van der Waals surface area contributed by atoms with Gasteiger partial charge in [-0.05, 0) is 26.3 Å². The van der Waals surface area contributed by atoms with Crippen LogP contribution in [0.1, 0.15) is 61.7 Å². The molecule has 0 saturated carbocycles. The van der Waals surface area contributed by atoms with Crippen LogP contribution in [0.5, 0.6) is 0 Å². The number of nitrogens with zero attached hydrogens (tertiary/aromatic N) is 2. The van der Waals surface area contributed by atoms with Gasteiger partial charge in [-0.25, -0.2) is 4.68 Å². The average Bonchev–Trinajstić information content (AvgIpc) is 2.63. The third-order valence-electron chi connectivity index (χ3n) is 3.70. The topological polar surface area (TPSA) is 90.3 Å². The van der Waals surface area contributed by atoms with Gasteiger partial charge in [0.25, 0.3) is 5.56 Å². The fourth-order valence-electron chi connectivity index (χ4n) is 2.36. The number of benzene rings is 1. The van der Waals surface area contributed by atoms with Gasteiger partial charge >= 0.3 is 5.97 Å². The van der Waals surface area contributed by atoms with E-state index >= 15 is 0 Å². The molecule has 2 rings (SSSR count). The van der Waals surface area contributed by atoms with Crippen LogP contribution in [0.4, 0.5) is 0 Å². The van der Waals surface area contributed by atoms with Gasteiger partial charge in [-0.2, -0.15) is 5.10 Å². The summed E-state index contributed by atoms with van der Waals surface area (Å²) in [6.07, 6.45) is 0.868. The molecule has 1 N–H and O–H groups in total. The molecule has 0 aliphatic heterocycles. The van der Waals surface area contributed by atoms with Crippen molar-refractivity contribution in [1.82, 2.24) is 15.3 Å². The fourth-order valence-corrected chi connectivity index (χ4v) is 2.36. The van der Waals surface area contributed by atoms with Gasteiger partial charge < -0.3 is 4.84 Å². The Labute approximate surface area is 151 Å². The predicted octanol–water partition coefficient (Wildman–Crippen LogP) is 2.60. The number of carbonyl (C=O) groups is 2. The number of hydroxylamine groups is 1. The van der Waals surface area contributed by atoms with Crippen LogP contribution in [0.25, 0.3) is 0 Å². The predicted molar refractivity (Wildman–Crippen MR) is 96.5 cm³/mol. The molecule has 2 aromatic rings. The first-order valence-corrected chi connectivity index (χ1v) is 8.58. The van der Waals surface area contributed by atoms with E-state index in [1.807, 2.05) is 20.8 Å². The minimum Gasteiger partial charge on any atom is -0.370 e. The summed E-state index contributed by atoms with van der Waals surface area (Å²) in [5, 5.41) is 4.27. The Morgan fingerprint density at radius 1 is 1.15 bits per heavy atom. The quantitative estimate of drug-likeness (QED) is 0.577. The first kappa shape index (κ1) is 19.5. The summed E-state index contributed by atoms with van der Waals surface area (Å²) in [7, 11) is 0. The molecule has 0 aliphatic rings. The Balaban J connectivity index is 2.37. The van der Waals surface area contributed by atoms with Gasteiger partial charge in [0.15, 0.2) is 5.78 Å². The molecule has 0 bridgehead atoms. The highest BCUT2D eigenvalue weighted by Crippen LogP contribution is 2.17. The molecular formula is C19H23N3O4. The zero-order valence-electron chi connectivity index (χ0n) is 15.1. The molecule has 1 aromatic carbocycles. The normalized spacial score (nSPS) is 12.0. The van der Waals surface area contributed by atoms with Gasteiger partial charge in [-0.15, -0.1) is 5.48 Å². The summed E-state index contributed by atoms with van der Waals surface area (Å²) in [5.41, 5.74) is 3.01. The van der Waals surface area contributed by atoms with Crippen LogP contribution >= 0.6 is 0 Å². The highest BCUT2D eigenvalue weighted by Gasteiger charge is 2.26. The largest absolute Gasteiger partial charge is 0.370 e. The highest BCUT2D eigenvalue weighted by atomic mass is 16.7. The number of rotatable bonds is 8. The number of carbonyl (C=O) groups excluding carboxylic acids is 2. The van der Waals surface area contributed by atoms with Crippen LogP contribution < -0.4 is 11.0 Å². The van der Waals surface area contributed by atoms with Gasteiger partial charge in [0, 0.05) is 18.1 Å². The Hall–Kier alpha value is -2.80. The third kappa shape index (κ3) is 4.86. The second-order valence-electron chi connectivity index (χ2n) is 6.14. The lowest BCUT2D eigenvalue weighted by atomic mass is 10.0. The van der Waals surface area contributed by atoms with Crippen molar-refractivity contribution in [3.05, 3.63) is 64.1 Å². The van der Waals surface area contributed by atoms with Crippen molar-refractivity contribution in [2.75, 3.05) is 0 Å². The smallest absolute Gasteiger partial charge is 0.324 e. The van der Waals surface area contributed by atoms with Crippen molar-refractivity contribution in [2.45, 2.75) is 45.7 Å². The standard InChI is InChI=1S/C19H23N3O4/c1-4-8-17(24)26-21-18(19(25)14-9-6-5-7-10-14)15-11-12-16(23)22(20-15)13(2)3/h5-7,9-13,18,21H,4,8H2,1-3H3. The van der Waals surface area contributed by atoms with E-state index in [1.54, 1.807) is 30.3 Å². The van der Waals surface area contributed by atoms with Crippen LogP contribution in [0, 0.1) is 0 Å². The molecule has 0 aliphatic carbocycles. The maximum atomic E-state index is 12.9. The molecule has 1 atom stereocenters. The van der Waals surface area contributed by atoms with Crippen molar-refractivity contribution in [3.63, 3.8) is 0 Å². The van der Waals surface area contributed by atoms with Crippen molar-refractivity contribution < 1.29 is 14.4 Å². The van der Waals surface area contributed by atoms with Crippen LogP contribution in [-0.2, 0) is 9.63 Å². The molecule has 26 heavy (non-hydrogen) atoms. The highest BCUT2D eigenvalue weighted by molar-refractivity contribution is 6.00. The van der Waals surface area contributed by atoms with E-state index in [0.717, 1.165) is 0 Å². The summed E-state index contributed by atoms with van der Waals surface area (Å²) < 4.78 is 1.29. The Morgan fingerprint density at radius 2 is 1.85 bits per heavy atom. The lowest BCUT2D eigenvalue weighted by Gasteiger charge is -2.18. The molecule has 138 valence electrons. The summed E-state index contributed by atoms with van der Waals surface area (Å²) in [6.45, 7) is 5.50. The summed E-state index contributed by atoms with van der Waals surface area (Å²) in [4.78, 5) is 41.6. The van der Waals surface area contributed by atoms with Gasteiger partial charge in [-0.3, -0.25) is 14.4 Å². The average molecular weight is 357 g/mol. The second kappa shape index (κ2) is 9.05. The summed E-state index contributed by atoms with van der Waals surface area (Å²) >= 11 is 0. The van der Waals surface area contributed by atoms with Crippen molar-refractivity contribution in [2.24, 2.45) is 0 Å². The molecule has 1 heterocycles. The zero-order chi connectivity index (χ0) is 19.1. The number of ketones is 1. The van der Waals surface area contributed by atoms with E-state index in [0.29, 0.717) is 17.7 Å². The van der Waals surface area contributed by atoms with Gasteiger partial charge in [0.05, 0.1) is 11.7 Å². The molecule has 0 saturated heterocycles. The summed E-state index contributed by atoms with van der Waals surface area (Å²) in [5.74, 6) is -0.771. The minimum absolute atomic E-state index is 0.169. The van der Waals surface area contributed by atoms with E-state index in [4.69, 9.17) is 4.84 Å². The van der Waals surface area contributed by atoms with Crippen molar-refractivity contribution in [1.29, 1.82) is 0 Å². The molecule has 0 spiro atoms. The third-order valence-corrected chi connectivity index (χ3v) is 3.70. The van der Waals surface area contributed by atoms with E-state index in [-0.39, 0.29) is 23.8 Å². The van der Waals surface area contributed by atoms with Gasteiger partial charge in [0.1, 0.15) is 6.04 Å². The van der Waals surface area contributed by atoms with E-state index in [9.17, 15) is 14.4 Å². The fraction of sp³-hybridized carbons (Fsp3) is 0.368. The van der Waals surface area contributed by atoms with Crippen molar-refractivity contribution >= 4 is 11.8 Å². The molecule has 0 radical (unpaired) electrons. The van der Waals surface area contributed by atoms with E-state index in [1.165, 1.54) is 16.8 Å². The van der Waals surface area contributed by atoms with Crippen LogP contribution in [-0.4, -0.2) is 21.5 Å². The monoisotopic (exact) mass is 357 g/mol. The van der Waals surface area contributed by atoms with Crippen LogP contribution in [0.3, 0.4) is 0 Å². The van der Waals surface area contributed by atoms with Gasteiger partial charge in [-0.1, -0.05) is 37.3 Å². The van der Waals surface area contributed by atoms with E-state index < -0.39 is 12.0 Å². The maximum absolute atomic E-state index is 12.9. The molecular weight excluding hydrogens is 334 g/mol. The SMILES string of the molecule is CCCC(=O)ONC(C(=O)c1ccccc1)c1ccc(=O)n(C(C)C)n1. The van der Waals surface area contributed by atoms with Crippen LogP contribution in [0.15, 0.2) is 47.3 Å². The zero-order valence-corrected chi connectivity index (χ0v) is 15.1. The molecule has 7 nitrogen and oxygen atoms in total. The van der Waals surface area contributed by atoms with Gasteiger partial charge in [0.2, 0.25) is 0 Å². The number of aromatic nitrogens is 2. The van der Waals surface area contributed by atoms with Crippen molar-refractivity contribution in [3.8, 4) is 0 Å². The molecule has 0 fully saturated rings. The first-order chi connectivity index (χ1) is 12.4. The summed E-state index contributed by atoms with van der Waals surface area (Å²) in [6, 6.07) is 10.3.